The van der Waals surface area contributed by atoms with E-state index in [-0.39, 0.29) is 11.9 Å². The third-order valence-corrected chi connectivity index (χ3v) is 3.87. The number of aromatic nitrogens is 2. The summed E-state index contributed by atoms with van der Waals surface area (Å²) in [6.45, 7) is 0.501. The van der Waals surface area contributed by atoms with Crippen LogP contribution < -0.4 is 20.7 Å². The minimum atomic E-state index is -4.70. The average Bonchev–Trinajstić information content (AvgIpc) is 3.24. The van der Waals surface area contributed by atoms with Gasteiger partial charge in [-0.1, -0.05) is 0 Å². The van der Waals surface area contributed by atoms with E-state index in [9.17, 15) is 13.2 Å². The number of aromatic amines is 1. The average molecular weight is 376 g/mol. The number of nitrogens with one attached hydrogen (secondary N) is 4. The molecule has 1 unspecified atom stereocenters. The summed E-state index contributed by atoms with van der Waals surface area (Å²) >= 11 is 0. The fourth-order valence-electron chi connectivity index (χ4n) is 2.71. The van der Waals surface area contributed by atoms with Gasteiger partial charge in [-0.3, -0.25) is 5.10 Å². The van der Waals surface area contributed by atoms with Crippen LogP contribution >= 0.6 is 0 Å². The van der Waals surface area contributed by atoms with Gasteiger partial charge in [0.25, 0.3) is 0 Å². The van der Waals surface area contributed by atoms with E-state index in [0.29, 0.717) is 18.2 Å². The Hall–Kier alpha value is -3.43. The van der Waals surface area contributed by atoms with Gasteiger partial charge in [0.2, 0.25) is 0 Å². The monoisotopic (exact) mass is 376 g/mol. The minimum Gasteiger partial charge on any atom is -0.406 e. The normalized spacial score (nSPS) is 16.7. The van der Waals surface area contributed by atoms with Gasteiger partial charge in [-0.2, -0.15) is 5.10 Å². The zero-order valence-electron chi connectivity index (χ0n) is 13.8. The van der Waals surface area contributed by atoms with Crippen LogP contribution in [0.4, 0.5) is 24.5 Å². The Morgan fingerprint density at radius 2 is 1.85 bits per heavy atom. The van der Waals surface area contributed by atoms with Crippen LogP contribution in [-0.4, -0.2) is 35.2 Å². The lowest BCUT2D eigenvalue weighted by Gasteiger charge is -2.16. The van der Waals surface area contributed by atoms with Crippen LogP contribution in [0.5, 0.6) is 5.75 Å². The van der Waals surface area contributed by atoms with E-state index in [2.05, 4.69) is 35.9 Å². The fourth-order valence-corrected chi connectivity index (χ4v) is 2.71. The molecule has 0 fully saturated rings. The summed E-state index contributed by atoms with van der Waals surface area (Å²) in [4.78, 5) is 4.34. The summed E-state index contributed by atoms with van der Waals surface area (Å²) in [7, 11) is 0. The molecule has 0 radical (unpaired) electrons. The van der Waals surface area contributed by atoms with Crippen molar-refractivity contribution in [2.45, 2.75) is 12.5 Å². The molecule has 0 saturated carbocycles. The second-order valence-corrected chi connectivity index (χ2v) is 5.90. The van der Waals surface area contributed by atoms with Crippen molar-refractivity contribution < 1.29 is 17.9 Å². The van der Waals surface area contributed by atoms with E-state index in [4.69, 9.17) is 0 Å². The van der Waals surface area contributed by atoms with Crippen molar-refractivity contribution in [3.63, 3.8) is 0 Å². The standard InChI is InChI=1S/C17H15F3N6O/c18-17(19,20)27-13-4-1-11(2-5-13)24-16-21-9-15(25-16)23-12-3-6-14-10(7-12)8-22-26-14/h1-8,15,23H,9H2,(H,22,26)(H2,21,24,25). The summed E-state index contributed by atoms with van der Waals surface area (Å²) in [6, 6.07) is 11.3. The maximum Gasteiger partial charge on any atom is 0.573 e. The van der Waals surface area contributed by atoms with Gasteiger partial charge in [-0.05, 0) is 42.5 Å². The van der Waals surface area contributed by atoms with Crippen molar-refractivity contribution in [1.29, 1.82) is 0 Å². The molecule has 10 heteroatoms. The molecule has 3 aromatic rings. The molecule has 2 aromatic carbocycles. The first-order valence-corrected chi connectivity index (χ1v) is 8.08. The highest BCUT2D eigenvalue weighted by Crippen LogP contribution is 2.24. The van der Waals surface area contributed by atoms with Crippen LogP contribution in [0.25, 0.3) is 10.9 Å². The number of hydrogen-bond acceptors (Lipinski definition) is 6. The van der Waals surface area contributed by atoms with Crippen LogP contribution in [-0.2, 0) is 0 Å². The number of H-pyrrole nitrogens is 1. The molecular weight excluding hydrogens is 361 g/mol. The molecule has 7 nitrogen and oxygen atoms in total. The molecular formula is C17H15F3N6O. The summed E-state index contributed by atoms with van der Waals surface area (Å²) in [5, 5.41) is 17.4. The molecule has 1 aliphatic rings. The second-order valence-electron chi connectivity index (χ2n) is 5.90. The van der Waals surface area contributed by atoms with Gasteiger partial charge in [0, 0.05) is 16.8 Å². The quantitative estimate of drug-likeness (QED) is 0.562. The van der Waals surface area contributed by atoms with Crippen LogP contribution in [0, 0.1) is 0 Å². The van der Waals surface area contributed by atoms with E-state index >= 15 is 0 Å². The number of aliphatic imine (C=N–C) groups is 1. The van der Waals surface area contributed by atoms with Crippen molar-refractivity contribution in [3.05, 3.63) is 48.7 Å². The molecule has 4 N–H and O–H groups in total. The third-order valence-electron chi connectivity index (χ3n) is 3.87. The minimum absolute atomic E-state index is 0.107. The summed E-state index contributed by atoms with van der Waals surface area (Å²) < 4.78 is 40.4. The smallest absolute Gasteiger partial charge is 0.406 e. The third kappa shape index (κ3) is 4.22. The van der Waals surface area contributed by atoms with Gasteiger partial charge in [0.05, 0.1) is 18.3 Å². The predicted molar refractivity (Wildman–Crippen MR) is 95.7 cm³/mol. The van der Waals surface area contributed by atoms with Gasteiger partial charge >= 0.3 is 6.36 Å². The molecule has 140 valence electrons. The van der Waals surface area contributed by atoms with E-state index < -0.39 is 6.36 Å². The largest absolute Gasteiger partial charge is 0.573 e. The van der Waals surface area contributed by atoms with Crippen LogP contribution in [0.3, 0.4) is 0 Å². The van der Waals surface area contributed by atoms with Gasteiger partial charge in [0.15, 0.2) is 5.96 Å². The number of rotatable bonds is 4. The summed E-state index contributed by atoms with van der Waals surface area (Å²) in [6.07, 6.45) is -3.06. The Kier molecular flexibility index (Phi) is 4.22. The predicted octanol–water partition coefficient (Wildman–Crippen LogP) is 3.27. The molecule has 1 aliphatic heterocycles. The Bertz CT molecular complexity index is 967. The Balaban J connectivity index is 1.32. The molecule has 0 amide bonds. The van der Waals surface area contributed by atoms with Crippen molar-refractivity contribution >= 4 is 28.2 Å². The lowest BCUT2D eigenvalue weighted by atomic mass is 10.2. The van der Waals surface area contributed by atoms with Crippen molar-refractivity contribution in [2.75, 3.05) is 17.2 Å². The molecule has 4 rings (SSSR count). The second kappa shape index (κ2) is 6.71. The van der Waals surface area contributed by atoms with E-state index in [0.717, 1.165) is 16.6 Å². The SMILES string of the molecule is FC(F)(F)Oc1ccc(NC2=NCC(Nc3ccc4[nH]ncc4c3)N2)cc1. The molecule has 0 bridgehead atoms. The lowest BCUT2D eigenvalue weighted by molar-refractivity contribution is -0.274. The number of guanidine groups is 1. The highest BCUT2D eigenvalue weighted by molar-refractivity contribution is 5.95. The van der Waals surface area contributed by atoms with E-state index in [1.807, 2.05) is 18.2 Å². The van der Waals surface area contributed by atoms with Crippen molar-refractivity contribution in [3.8, 4) is 5.75 Å². The highest BCUT2D eigenvalue weighted by Gasteiger charge is 2.31. The maximum atomic E-state index is 12.2. The molecule has 0 spiro atoms. The number of alkyl halides is 3. The first-order chi connectivity index (χ1) is 12.9. The molecule has 0 saturated heterocycles. The summed E-state index contributed by atoms with van der Waals surface area (Å²) in [5.74, 6) is 0.255. The molecule has 1 aromatic heterocycles. The molecule has 0 aliphatic carbocycles. The lowest BCUT2D eigenvalue weighted by Crippen LogP contribution is -2.39. The fraction of sp³-hybridized carbons (Fsp3) is 0.176. The van der Waals surface area contributed by atoms with Gasteiger partial charge in [-0.25, -0.2) is 4.99 Å². The maximum absolute atomic E-state index is 12.2. The zero-order valence-corrected chi connectivity index (χ0v) is 13.8. The number of ether oxygens (including phenoxy) is 1. The van der Waals surface area contributed by atoms with E-state index in [1.165, 1.54) is 24.3 Å². The number of benzene rings is 2. The van der Waals surface area contributed by atoms with Crippen molar-refractivity contribution in [2.24, 2.45) is 4.99 Å². The molecule has 27 heavy (non-hydrogen) atoms. The molecule has 1 atom stereocenters. The number of anilines is 2. The Morgan fingerprint density at radius 1 is 1.07 bits per heavy atom. The molecule has 2 heterocycles. The highest BCUT2D eigenvalue weighted by atomic mass is 19.4. The number of fused-ring (bicyclic) bond motifs is 1. The Labute approximate surface area is 151 Å². The topological polar surface area (TPSA) is 86.4 Å². The number of hydrogen-bond donors (Lipinski definition) is 4. The van der Waals surface area contributed by atoms with Crippen LogP contribution in [0.1, 0.15) is 0 Å². The van der Waals surface area contributed by atoms with E-state index in [1.54, 1.807) is 6.20 Å². The first-order valence-electron chi connectivity index (χ1n) is 8.08. The number of nitrogens with zero attached hydrogens (tertiary/aromatic N) is 2. The van der Waals surface area contributed by atoms with Crippen LogP contribution in [0.2, 0.25) is 0 Å². The summed E-state index contributed by atoms with van der Waals surface area (Å²) in [5.41, 5.74) is 2.47. The first kappa shape index (κ1) is 17.0. The number of halogens is 3. The Morgan fingerprint density at radius 3 is 2.63 bits per heavy atom. The van der Waals surface area contributed by atoms with Gasteiger partial charge in [-0.15, -0.1) is 13.2 Å². The van der Waals surface area contributed by atoms with Gasteiger partial charge < -0.3 is 20.7 Å². The van der Waals surface area contributed by atoms with Crippen LogP contribution in [0.15, 0.2) is 53.7 Å². The zero-order chi connectivity index (χ0) is 18.9. The van der Waals surface area contributed by atoms with Gasteiger partial charge in [0.1, 0.15) is 11.9 Å². The van der Waals surface area contributed by atoms with Crippen molar-refractivity contribution in [1.82, 2.24) is 15.5 Å².